The lowest BCUT2D eigenvalue weighted by Gasteiger charge is -2.17. The van der Waals surface area contributed by atoms with Gasteiger partial charge in [0.2, 0.25) is 0 Å². The van der Waals surface area contributed by atoms with Crippen LogP contribution >= 0.6 is 0 Å². The Morgan fingerprint density at radius 1 is 0.561 bits per heavy atom. The number of aryl methyl sites for hydroxylation is 2. The van der Waals surface area contributed by atoms with E-state index < -0.39 is 0 Å². The number of nitrogens with zero attached hydrogens (tertiary/aromatic N) is 3. The minimum Gasteiger partial charge on any atom is -0.308 e. The van der Waals surface area contributed by atoms with Crippen LogP contribution in [0, 0.1) is 25.2 Å². The molecule has 2 aromatic heterocycles. The first-order valence-electron chi connectivity index (χ1n) is 13.8. The quantitative estimate of drug-likeness (QED) is 0.229. The van der Waals surface area contributed by atoms with Crippen molar-refractivity contribution in [2.45, 2.75) is 13.8 Å². The van der Waals surface area contributed by atoms with Gasteiger partial charge >= 0.3 is 0 Å². The average molecular weight is 526 g/mol. The summed E-state index contributed by atoms with van der Waals surface area (Å²) in [5, 5.41) is 12.4. The standard InChI is InChI=1S/C38H27N3/c1-25-9-3-5-11-30(25)32-13-7-15-34-35-16-8-14-33(31-12-6-4-10-26(31)2)38(35)41(37(32)34)29-18-17-28(24-39)36(23-29)27-19-21-40-22-20-27/h3-23H,1-2H3. The Balaban J connectivity index is 1.67. The highest BCUT2D eigenvalue weighted by Gasteiger charge is 2.21. The summed E-state index contributed by atoms with van der Waals surface area (Å²) in [7, 11) is 0. The maximum absolute atomic E-state index is 10.0. The van der Waals surface area contributed by atoms with Crippen molar-refractivity contribution in [2.24, 2.45) is 0 Å². The van der Waals surface area contributed by atoms with Crippen molar-refractivity contribution in [2.75, 3.05) is 0 Å². The Kier molecular flexibility index (Phi) is 5.95. The van der Waals surface area contributed by atoms with Crippen LogP contribution < -0.4 is 0 Å². The first-order chi connectivity index (χ1) is 20.2. The van der Waals surface area contributed by atoms with Gasteiger partial charge in [-0.05, 0) is 72.0 Å². The van der Waals surface area contributed by atoms with E-state index in [0.29, 0.717) is 5.56 Å². The lowest BCUT2D eigenvalue weighted by atomic mass is 9.97. The van der Waals surface area contributed by atoms with E-state index in [1.54, 1.807) is 12.4 Å². The zero-order chi connectivity index (χ0) is 27.9. The molecular formula is C38H27N3. The van der Waals surface area contributed by atoms with E-state index >= 15 is 0 Å². The topological polar surface area (TPSA) is 41.6 Å². The molecule has 194 valence electrons. The minimum atomic E-state index is 0.638. The van der Waals surface area contributed by atoms with E-state index in [0.717, 1.165) is 27.8 Å². The van der Waals surface area contributed by atoms with Gasteiger partial charge in [-0.1, -0.05) is 84.9 Å². The minimum absolute atomic E-state index is 0.638. The molecule has 0 saturated heterocycles. The second-order valence-corrected chi connectivity index (χ2v) is 10.4. The summed E-state index contributed by atoms with van der Waals surface area (Å²) in [5.41, 5.74) is 13.1. The predicted molar refractivity (Wildman–Crippen MR) is 169 cm³/mol. The summed E-state index contributed by atoms with van der Waals surface area (Å²) in [6.07, 6.45) is 3.55. The van der Waals surface area contributed by atoms with Crippen LogP contribution in [0.4, 0.5) is 0 Å². The van der Waals surface area contributed by atoms with E-state index in [-0.39, 0.29) is 0 Å². The molecule has 3 heteroatoms. The van der Waals surface area contributed by atoms with Crippen molar-refractivity contribution >= 4 is 21.8 Å². The van der Waals surface area contributed by atoms with Gasteiger partial charge in [0, 0.05) is 45.5 Å². The number of para-hydroxylation sites is 2. The fraction of sp³-hybridized carbons (Fsp3) is 0.0526. The molecule has 0 aliphatic carbocycles. The van der Waals surface area contributed by atoms with Crippen molar-refractivity contribution in [1.29, 1.82) is 5.26 Å². The lowest BCUT2D eigenvalue weighted by molar-refractivity contribution is 1.18. The summed E-state index contributed by atoms with van der Waals surface area (Å²) in [5.74, 6) is 0. The number of pyridine rings is 1. The molecule has 0 amide bonds. The van der Waals surface area contributed by atoms with Gasteiger partial charge in [0.1, 0.15) is 0 Å². The third-order valence-electron chi connectivity index (χ3n) is 8.05. The van der Waals surface area contributed by atoms with Crippen LogP contribution in [-0.4, -0.2) is 9.55 Å². The van der Waals surface area contributed by atoms with E-state index in [1.807, 2.05) is 18.2 Å². The summed E-state index contributed by atoms with van der Waals surface area (Å²) in [6.45, 7) is 4.34. The molecule has 7 rings (SSSR count). The second kappa shape index (κ2) is 9.93. The molecule has 0 unspecified atom stereocenters. The van der Waals surface area contributed by atoms with E-state index in [1.165, 1.54) is 44.2 Å². The number of rotatable bonds is 4. The monoisotopic (exact) mass is 525 g/mol. The number of hydrogen-bond donors (Lipinski definition) is 0. The van der Waals surface area contributed by atoms with Crippen molar-refractivity contribution in [3.63, 3.8) is 0 Å². The molecule has 2 heterocycles. The molecule has 0 N–H and O–H groups in total. The molecule has 41 heavy (non-hydrogen) atoms. The normalized spacial score (nSPS) is 11.1. The van der Waals surface area contributed by atoms with Crippen LogP contribution in [0.15, 0.2) is 128 Å². The fourth-order valence-corrected chi connectivity index (χ4v) is 6.10. The smallest absolute Gasteiger partial charge is 0.0998 e. The molecule has 0 bridgehead atoms. The Bertz CT molecular complexity index is 2030. The Morgan fingerprint density at radius 2 is 1.10 bits per heavy atom. The van der Waals surface area contributed by atoms with Gasteiger partial charge < -0.3 is 4.57 Å². The fourth-order valence-electron chi connectivity index (χ4n) is 6.10. The predicted octanol–water partition coefficient (Wildman–Crippen LogP) is 9.67. The van der Waals surface area contributed by atoms with Gasteiger partial charge in [0.25, 0.3) is 0 Å². The number of nitriles is 1. The van der Waals surface area contributed by atoms with E-state index in [2.05, 4.69) is 127 Å². The highest BCUT2D eigenvalue weighted by atomic mass is 15.0. The largest absolute Gasteiger partial charge is 0.308 e. The third-order valence-corrected chi connectivity index (χ3v) is 8.05. The molecule has 0 fully saturated rings. The summed E-state index contributed by atoms with van der Waals surface area (Å²) < 4.78 is 2.40. The lowest BCUT2D eigenvalue weighted by Crippen LogP contribution is -1.99. The SMILES string of the molecule is Cc1ccccc1-c1cccc2c3cccc(-c4ccccc4C)c3n(-c3ccc(C#N)c(-c4ccncc4)c3)c12. The molecule has 0 aliphatic heterocycles. The first-order valence-corrected chi connectivity index (χ1v) is 13.8. The van der Waals surface area contributed by atoms with Gasteiger partial charge in [0.05, 0.1) is 22.7 Å². The molecule has 0 spiro atoms. The van der Waals surface area contributed by atoms with Crippen molar-refractivity contribution in [3.05, 3.63) is 144 Å². The molecule has 0 radical (unpaired) electrons. The summed E-state index contributed by atoms with van der Waals surface area (Å²) in [6, 6.07) is 42.9. The molecule has 7 aromatic rings. The van der Waals surface area contributed by atoms with Crippen molar-refractivity contribution in [3.8, 4) is 45.1 Å². The molecule has 0 aliphatic rings. The van der Waals surface area contributed by atoms with Crippen LogP contribution in [0.5, 0.6) is 0 Å². The number of hydrogen-bond acceptors (Lipinski definition) is 2. The highest BCUT2D eigenvalue weighted by Crippen LogP contribution is 2.43. The second-order valence-electron chi connectivity index (χ2n) is 10.4. The average Bonchev–Trinajstić information content (AvgIpc) is 3.37. The Hall–Kier alpha value is -5.46. The molecule has 5 aromatic carbocycles. The maximum atomic E-state index is 10.0. The van der Waals surface area contributed by atoms with Gasteiger partial charge in [-0.3, -0.25) is 4.98 Å². The van der Waals surface area contributed by atoms with Gasteiger partial charge in [-0.2, -0.15) is 5.26 Å². The molecule has 0 atom stereocenters. The number of benzene rings is 5. The van der Waals surface area contributed by atoms with E-state index in [4.69, 9.17) is 0 Å². The number of fused-ring (bicyclic) bond motifs is 3. The van der Waals surface area contributed by atoms with Crippen molar-refractivity contribution < 1.29 is 0 Å². The van der Waals surface area contributed by atoms with Gasteiger partial charge in [-0.15, -0.1) is 0 Å². The van der Waals surface area contributed by atoms with Crippen LogP contribution in [0.2, 0.25) is 0 Å². The highest BCUT2D eigenvalue weighted by molar-refractivity contribution is 6.17. The van der Waals surface area contributed by atoms with Crippen molar-refractivity contribution in [1.82, 2.24) is 9.55 Å². The zero-order valence-corrected chi connectivity index (χ0v) is 23.0. The molecule has 3 nitrogen and oxygen atoms in total. The first kappa shape index (κ1) is 24.6. The zero-order valence-electron chi connectivity index (χ0n) is 23.0. The van der Waals surface area contributed by atoms with Crippen LogP contribution in [0.3, 0.4) is 0 Å². The van der Waals surface area contributed by atoms with Crippen LogP contribution in [0.1, 0.15) is 16.7 Å². The van der Waals surface area contributed by atoms with Gasteiger partial charge in [0.15, 0.2) is 0 Å². The Labute approximate surface area is 239 Å². The van der Waals surface area contributed by atoms with Crippen LogP contribution in [-0.2, 0) is 0 Å². The molecule has 0 saturated carbocycles. The summed E-state index contributed by atoms with van der Waals surface area (Å²) >= 11 is 0. The van der Waals surface area contributed by atoms with Crippen LogP contribution in [0.25, 0.3) is 60.9 Å². The number of aromatic nitrogens is 2. The van der Waals surface area contributed by atoms with E-state index in [9.17, 15) is 5.26 Å². The van der Waals surface area contributed by atoms with Gasteiger partial charge in [-0.25, -0.2) is 0 Å². The summed E-state index contributed by atoms with van der Waals surface area (Å²) in [4.78, 5) is 4.20. The Morgan fingerprint density at radius 3 is 1.63 bits per heavy atom. The third kappa shape index (κ3) is 4.01. The molecular weight excluding hydrogens is 498 g/mol. The maximum Gasteiger partial charge on any atom is 0.0998 e.